The predicted octanol–water partition coefficient (Wildman–Crippen LogP) is 2.08. The topological polar surface area (TPSA) is 50.3 Å². The number of aromatic nitrogens is 2. The molecule has 18 heavy (non-hydrogen) atoms. The Hall–Kier alpha value is -1.36. The van der Waals surface area contributed by atoms with E-state index in [0.29, 0.717) is 12.6 Å². The molecule has 0 atom stereocenters. The van der Waals surface area contributed by atoms with Crippen molar-refractivity contribution < 1.29 is 4.74 Å². The monoisotopic (exact) mass is 252 g/mol. The summed E-state index contributed by atoms with van der Waals surface area (Å²) in [5.74, 6) is 1.61. The zero-order valence-electron chi connectivity index (χ0n) is 12.0. The van der Waals surface area contributed by atoms with Crippen molar-refractivity contribution in [3.8, 4) is 0 Å². The van der Waals surface area contributed by atoms with Crippen LogP contribution in [0.3, 0.4) is 0 Å². The molecular weight excluding hydrogens is 228 g/mol. The standard InChI is InChI=1S/C13H24N4O/c1-6-14-13-15-11(4)9-12(16-13)17(5)7-8-18-10(2)3/h9-10H,6-8H2,1-5H3,(H,14,15,16). The Bertz CT molecular complexity index is 368. The quantitative estimate of drug-likeness (QED) is 0.805. The highest BCUT2D eigenvalue weighted by Crippen LogP contribution is 2.13. The van der Waals surface area contributed by atoms with Gasteiger partial charge in [-0.15, -0.1) is 0 Å². The zero-order chi connectivity index (χ0) is 13.5. The molecule has 0 saturated carbocycles. The molecule has 0 saturated heterocycles. The second-order valence-electron chi connectivity index (χ2n) is 4.56. The van der Waals surface area contributed by atoms with Gasteiger partial charge in [0.15, 0.2) is 0 Å². The summed E-state index contributed by atoms with van der Waals surface area (Å²) in [4.78, 5) is 10.9. The molecule has 0 radical (unpaired) electrons. The predicted molar refractivity (Wildman–Crippen MR) is 75.3 cm³/mol. The number of hydrogen-bond acceptors (Lipinski definition) is 5. The van der Waals surface area contributed by atoms with Crippen LogP contribution >= 0.6 is 0 Å². The van der Waals surface area contributed by atoms with Gasteiger partial charge in [0.25, 0.3) is 0 Å². The summed E-state index contributed by atoms with van der Waals surface area (Å²) in [6.45, 7) is 10.4. The molecule has 0 amide bonds. The van der Waals surface area contributed by atoms with E-state index in [4.69, 9.17) is 4.74 Å². The summed E-state index contributed by atoms with van der Waals surface area (Å²) >= 11 is 0. The van der Waals surface area contributed by atoms with Crippen molar-refractivity contribution in [3.63, 3.8) is 0 Å². The van der Waals surface area contributed by atoms with Crippen molar-refractivity contribution in [3.05, 3.63) is 11.8 Å². The molecule has 1 aromatic rings. The summed E-state index contributed by atoms with van der Waals surface area (Å²) in [5.41, 5.74) is 0.965. The molecule has 0 unspecified atom stereocenters. The maximum atomic E-state index is 5.54. The Kier molecular flexibility index (Phi) is 5.85. The minimum absolute atomic E-state index is 0.267. The minimum Gasteiger partial charge on any atom is -0.377 e. The molecule has 0 aliphatic heterocycles. The lowest BCUT2D eigenvalue weighted by atomic mass is 10.4. The zero-order valence-corrected chi connectivity index (χ0v) is 12.0. The first-order chi connectivity index (χ1) is 8.52. The highest BCUT2D eigenvalue weighted by molar-refractivity contribution is 5.43. The van der Waals surface area contributed by atoms with Crippen LogP contribution in [-0.4, -0.2) is 42.8 Å². The lowest BCUT2D eigenvalue weighted by Crippen LogP contribution is -2.25. The highest BCUT2D eigenvalue weighted by Gasteiger charge is 2.06. The summed E-state index contributed by atoms with van der Waals surface area (Å²) in [6, 6.07) is 1.98. The lowest BCUT2D eigenvalue weighted by molar-refractivity contribution is 0.0845. The molecule has 0 aromatic carbocycles. The summed E-state index contributed by atoms with van der Waals surface area (Å²) < 4.78 is 5.54. The van der Waals surface area contributed by atoms with Crippen LogP contribution in [-0.2, 0) is 4.74 Å². The molecular formula is C13H24N4O. The van der Waals surface area contributed by atoms with Gasteiger partial charge in [-0.2, -0.15) is 4.98 Å². The maximum absolute atomic E-state index is 5.54. The van der Waals surface area contributed by atoms with Crippen LogP contribution in [0, 0.1) is 6.92 Å². The molecule has 0 bridgehead atoms. The third-order valence-corrected chi connectivity index (χ3v) is 2.44. The first-order valence-electron chi connectivity index (χ1n) is 6.45. The third-order valence-electron chi connectivity index (χ3n) is 2.44. The molecule has 0 aliphatic rings. The molecule has 102 valence electrons. The van der Waals surface area contributed by atoms with Gasteiger partial charge >= 0.3 is 0 Å². The van der Waals surface area contributed by atoms with Gasteiger partial charge in [0.2, 0.25) is 5.95 Å². The summed E-state index contributed by atoms with van der Waals surface area (Å²) in [6.07, 6.45) is 0.267. The number of nitrogens with one attached hydrogen (secondary N) is 1. The fourth-order valence-corrected chi connectivity index (χ4v) is 1.52. The highest BCUT2D eigenvalue weighted by atomic mass is 16.5. The van der Waals surface area contributed by atoms with Crippen molar-refractivity contribution in [1.29, 1.82) is 0 Å². The second-order valence-corrected chi connectivity index (χ2v) is 4.56. The minimum atomic E-state index is 0.267. The van der Waals surface area contributed by atoms with Crippen LogP contribution in [0.15, 0.2) is 6.07 Å². The molecule has 5 nitrogen and oxygen atoms in total. The van der Waals surface area contributed by atoms with E-state index in [9.17, 15) is 0 Å². The Morgan fingerprint density at radius 2 is 2.11 bits per heavy atom. The number of likely N-dealkylation sites (N-methyl/N-ethyl adjacent to an activating group) is 1. The number of anilines is 2. The van der Waals surface area contributed by atoms with Crippen molar-refractivity contribution in [2.24, 2.45) is 0 Å². The van der Waals surface area contributed by atoms with Gasteiger partial charge in [-0.25, -0.2) is 4.98 Å². The smallest absolute Gasteiger partial charge is 0.224 e. The van der Waals surface area contributed by atoms with Crippen molar-refractivity contribution in [2.75, 3.05) is 37.0 Å². The fraction of sp³-hybridized carbons (Fsp3) is 0.692. The Labute approximate surface area is 110 Å². The van der Waals surface area contributed by atoms with Gasteiger partial charge in [-0.05, 0) is 27.7 Å². The Morgan fingerprint density at radius 3 is 2.72 bits per heavy atom. The third kappa shape index (κ3) is 4.87. The molecule has 1 aromatic heterocycles. The molecule has 5 heteroatoms. The van der Waals surface area contributed by atoms with Gasteiger partial charge in [0, 0.05) is 31.9 Å². The normalized spacial score (nSPS) is 10.8. The van der Waals surface area contributed by atoms with Gasteiger partial charge in [0.05, 0.1) is 12.7 Å². The first-order valence-corrected chi connectivity index (χ1v) is 6.45. The second kappa shape index (κ2) is 7.16. The van der Waals surface area contributed by atoms with Crippen LogP contribution in [0.4, 0.5) is 11.8 Å². The number of rotatable bonds is 7. The Balaban J connectivity index is 2.63. The average Bonchev–Trinajstić information content (AvgIpc) is 2.28. The van der Waals surface area contributed by atoms with Gasteiger partial charge < -0.3 is 15.0 Å². The van der Waals surface area contributed by atoms with Crippen molar-refractivity contribution >= 4 is 11.8 Å². The summed E-state index contributed by atoms with van der Waals surface area (Å²) in [5, 5.41) is 3.14. The van der Waals surface area contributed by atoms with E-state index in [1.165, 1.54) is 0 Å². The van der Waals surface area contributed by atoms with Crippen molar-refractivity contribution in [1.82, 2.24) is 9.97 Å². The van der Waals surface area contributed by atoms with E-state index in [1.807, 2.05) is 40.8 Å². The molecule has 0 spiro atoms. The largest absolute Gasteiger partial charge is 0.377 e. The van der Waals surface area contributed by atoms with E-state index in [0.717, 1.165) is 24.6 Å². The van der Waals surface area contributed by atoms with Gasteiger partial charge in [-0.3, -0.25) is 0 Å². The molecule has 0 fully saturated rings. The molecule has 0 aliphatic carbocycles. The number of aryl methyl sites for hydroxylation is 1. The number of ether oxygens (including phenoxy) is 1. The number of nitrogens with zero attached hydrogens (tertiary/aromatic N) is 3. The van der Waals surface area contributed by atoms with E-state index in [1.54, 1.807) is 0 Å². The van der Waals surface area contributed by atoms with Crippen molar-refractivity contribution in [2.45, 2.75) is 33.8 Å². The SMILES string of the molecule is CCNc1nc(C)cc(N(C)CCOC(C)C)n1. The summed E-state index contributed by atoms with van der Waals surface area (Å²) in [7, 11) is 2.02. The van der Waals surface area contributed by atoms with Crippen LogP contribution in [0.5, 0.6) is 0 Å². The average molecular weight is 252 g/mol. The molecule has 1 N–H and O–H groups in total. The van der Waals surface area contributed by atoms with Crippen LogP contribution in [0.2, 0.25) is 0 Å². The van der Waals surface area contributed by atoms with Crippen LogP contribution < -0.4 is 10.2 Å². The number of hydrogen-bond donors (Lipinski definition) is 1. The van der Waals surface area contributed by atoms with E-state index in [2.05, 4.69) is 20.2 Å². The van der Waals surface area contributed by atoms with Gasteiger partial charge in [0.1, 0.15) is 5.82 Å². The van der Waals surface area contributed by atoms with E-state index < -0.39 is 0 Å². The van der Waals surface area contributed by atoms with Crippen LogP contribution in [0.1, 0.15) is 26.5 Å². The first kappa shape index (κ1) is 14.7. The maximum Gasteiger partial charge on any atom is 0.224 e. The lowest BCUT2D eigenvalue weighted by Gasteiger charge is -2.20. The fourth-order valence-electron chi connectivity index (χ4n) is 1.52. The van der Waals surface area contributed by atoms with E-state index in [-0.39, 0.29) is 6.10 Å². The Morgan fingerprint density at radius 1 is 1.39 bits per heavy atom. The molecule has 1 rings (SSSR count). The molecule has 1 heterocycles. The van der Waals surface area contributed by atoms with E-state index >= 15 is 0 Å². The van der Waals surface area contributed by atoms with Crippen LogP contribution in [0.25, 0.3) is 0 Å². The van der Waals surface area contributed by atoms with Gasteiger partial charge in [-0.1, -0.05) is 0 Å².